The van der Waals surface area contributed by atoms with Crippen LogP contribution in [0.5, 0.6) is 11.5 Å². The summed E-state index contributed by atoms with van der Waals surface area (Å²) in [6.45, 7) is 1.58. The first-order valence-corrected chi connectivity index (χ1v) is 10.8. The first-order chi connectivity index (χ1) is 16.9. The molecule has 0 aliphatic heterocycles. The van der Waals surface area contributed by atoms with Gasteiger partial charge in [-0.05, 0) is 54.4 Å². The molecule has 3 N–H and O–H groups in total. The summed E-state index contributed by atoms with van der Waals surface area (Å²) in [6, 6.07) is 19.1. The number of benzene rings is 3. The lowest BCUT2D eigenvalue weighted by Gasteiger charge is -2.13. The second kappa shape index (κ2) is 12.2. The number of para-hydroxylation sites is 1. The monoisotopic (exact) mass is 494 g/mol. The van der Waals surface area contributed by atoms with Gasteiger partial charge in [0.05, 0.1) is 18.3 Å². The van der Waals surface area contributed by atoms with Crippen LogP contribution in [0.4, 0.5) is 11.4 Å². The lowest BCUT2D eigenvalue weighted by Crippen LogP contribution is -2.32. The average molecular weight is 495 g/mol. The quantitative estimate of drug-likeness (QED) is 0.250. The van der Waals surface area contributed by atoms with Crippen LogP contribution in [0.25, 0.3) is 0 Å². The number of hydrogen-bond acceptors (Lipinski definition) is 6. The molecule has 3 rings (SSSR count). The minimum Gasteiger partial charge on any atom is -0.493 e. The Balaban J connectivity index is 1.58. The predicted molar refractivity (Wildman–Crippen MR) is 134 cm³/mol. The fraction of sp³-hybridized carbons (Fsp3) is 0.120. The molecule has 180 valence electrons. The van der Waals surface area contributed by atoms with Crippen molar-refractivity contribution in [2.24, 2.45) is 5.10 Å². The van der Waals surface area contributed by atoms with Crippen molar-refractivity contribution in [2.75, 3.05) is 24.4 Å². The Bertz CT molecular complexity index is 1250. The molecule has 3 aromatic carbocycles. The third-order valence-corrected chi connectivity index (χ3v) is 4.80. The van der Waals surface area contributed by atoms with Gasteiger partial charge in [0.25, 0.3) is 5.91 Å². The van der Waals surface area contributed by atoms with Gasteiger partial charge in [0, 0.05) is 11.4 Å². The Morgan fingerprint density at radius 1 is 0.943 bits per heavy atom. The number of methoxy groups -OCH3 is 1. The number of amides is 3. The van der Waals surface area contributed by atoms with Gasteiger partial charge in [-0.25, -0.2) is 5.43 Å². The topological polar surface area (TPSA) is 118 Å². The highest BCUT2D eigenvalue weighted by molar-refractivity contribution is 6.39. The zero-order chi connectivity index (χ0) is 25.2. The third kappa shape index (κ3) is 7.58. The summed E-state index contributed by atoms with van der Waals surface area (Å²) in [5, 5.41) is 9.15. The van der Waals surface area contributed by atoms with Crippen LogP contribution in [0.2, 0.25) is 5.02 Å². The molecule has 0 radical (unpaired) electrons. The molecule has 3 amide bonds. The largest absolute Gasteiger partial charge is 0.493 e. The second-order valence-electron chi connectivity index (χ2n) is 7.26. The lowest BCUT2D eigenvalue weighted by atomic mass is 10.2. The van der Waals surface area contributed by atoms with Crippen LogP contribution in [0.1, 0.15) is 11.1 Å². The Kier molecular flexibility index (Phi) is 8.80. The van der Waals surface area contributed by atoms with E-state index in [1.807, 2.05) is 19.1 Å². The van der Waals surface area contributed by atoms with Crippen molar-refractivity contribution < 1.29 is 23.9 Å². The first-order valence-electron chi connectivity index (χ1n) is 10.4. The minimum absolute atomic E-state index is 0.168. The molecule has 0 saturated carbocycles. The third-order valence-electron chi connectivity index (χ3n) is 4.52. The number of carbonyl (C=O) groups excluding carboxylic acids is 3. The van der Waals surface area contributed by atoms with E-state index in [-0.39, 0.29) is 29.0 Å². The number of rotatable bonds is 8. The molecular formula is C25H23ClN4O5. The molecule has 35 heavy (non-hydrogen) atoms. The highest BCUT2D eigenvalue weighted by Gasteiger charge is 2.15. The number of carbonyl (C=O) groups is 3. The second-order valence-corrected chi connectivity index (χ2v) is 7.67. The molecule has 0 atom stereocenters. The SMILES string of the molecule is COc1cc(/C=N\NC(=O)C(=O)Nc2cccc(C)c2)cc(Cl)c1OCC(=O)Nc1ccccc1. The summed E-state index contributed by atoms with van der Waals surface area (Å²) in [4.78, 5) is 36.2. The van der Waals surface area contributed by atoms with Crippen molar-refractivity contribution in [3.8, 4) is 11.5 Å². The van der Waals surface area contributed by atoms with Gasteiger partial charge in [0.1, 0.15) is 0 Å². The van der Waals surface area contributed by atoms with Gasteiger partial charge in [0.2, 0.25) is 0 Å². The molecule has 10 heteroatoms. The lowest BCUT2D eigenvalue weighted by molar-refractivity contribution is -0.136. The molecule has 9 nitrogen and oxygen atoms in total. The normalized spacial score (nSPS) is 10.5. The van der Waals surface area contributed by atoms with E-state index in [1.54, 1.807) is 48.5 Å². The highest BCUT2D eigenvalue weighted by atomic mass is 35.5. The summed E-state index contributed by atoms with van der Waals surface area (Å²) in [7, 11) is 1.42. The number of anilines is 2. The van der Waals surface area contributed by atoms with Gasteiger partial charge in [-0.15, -0.1) is 0 Å². The Morgan fingerprint density at radius 2 is 1.69 bits per heavy atom. The van der Waals surface area contributed by atoms with E-state index in [4.69, 9.17) is 21.1 Å². The van der Waals surface area contributed by atoms with E-state index < -0.39 is 11.8 Å². The van der Waals surface area contributed by atoms with Gasteiger partial charge in [-0.2, -0.15) is 5.10 Å². The van der Waals surface area contributed by atoms with Gasteiger partial charge >= 0.3 is 11.8 Å². The maximum atomic E-state index is 12.1. The van der Waals surface area contributed by atoms with Crippen molar-refractivity contribution in [2.45, 2.75) is 6.92 Å². The molecule has 0 bridgehead atoms. The van der Waals surface area contributed by atoms with E-state index in [9.17, 15) is 14.4 Å². The molecule has 0 heterocycles. The van der Waals surface area contributed by atoms with Crippen molar-refractivity contribution in [3.05, 3.63) is 82.9 Å². The fourth-order valence-electron chi connectivity index (χ4n) is 2.94. The number of ether oxygens (including phenoxy) is 2. The zero-order valence-electron chi connectivity index (χ0n) is 19.0. The number of nitrogens with zero attached hydrogens (tertiary/aromatic N) is 1. The average Bonchev–Trinajstić information content (AvgIpc) is 2.83. The van der Waals surface area contributed by atoms with Gasteiger partial charge < -0.3 is 20.1 Å². The maximum absolute atomic E-state index is 12.1. The van der Waals surface area contributed by atoms with Crippen LogP contribution >= 0.6 is 11.6 Å². The maximum Gasteiger partial charge on any atom is 0.329 e. The molecule has 0 unspecified atom stereocenters. The predicted octanol–water partition coefficient (Wildman–Crippen LogP) is 3.76. The molecule has 0 fully saturated rings. The summed E-state index contributed by atoms with van der Waals surface area (Å²) in [5.74, 6) is -1.73. The standard InChI is InChI=1S/C25H23ClN4O5/c1-16-7-6-10-19(11-16)29-24(32)25(33)30-27-14-17-12-20(26)23(21(13-17)34-2)35-15-22(31)28-18-8-4-3-5-9-18/h3-14H,15H2,1-2H3,(H,28,31)(H,29,32)(H,30,33)/b27-14-. The number of nitrogens with one attached hydrogen (secondary N) is 3. The van der Waals surface area contributed by atoms with E-state index in [0.717, 1.165) is 5.56 Å². The number of halogens is 1. The Hall–Kier alpha value is -4.37. The van der Waals surface area contributed by atoms with Crippen LogP contribution < -0.4 is 25.5 Å². The minimum atomic E-state index is -0.940. The van der Waals surface area contributed by atoms with E-state index in [2.05, 4.69) is 21.2 Å². The number of hydrogen-bond donors (Lipinski definition) is 3. The Morgan fingerprint density at radius 3 is 2.40 bits per heavy atom. The molecule has 3 aromatic rings. The van der Waals surface area contributed by atoms with Gasteiger partial charge in [0.15, 0.2) is 18.1 Å². The van der Waals surface area contributed by atoms with Gasteiger partial charge in [-0.3, -0.25) is 14.4 Å². The van der Waals surface area contributed by atoms with Crippen LogP contribution in [0, 0.1) is 6.92 Å². The number of aryl methyl sites for hydroxylation is 1. The molecular weight excluding hydrogens is 472 g/mol. The summed E-state index contributed by atoms with van der Waals surface area (Å²) in [5.41, 5.74) is 4.70. The first kappa shape index (κ1) is 25.3. The van der Waals surface area contributed by atoms with Crippen LogP contribution in [-0.2, 0) is 14.4 Å². The van der Waals surface area contributed by atoms with Crippen LogP contribution in [0.15, 0.2) is 71.8 Å². The molecule has 0 saturated heterocycles. The van der Waals surface area contributed by atoms with Crippen molar-refractivity contribution in [1.82, 2.24) is 5.43 Å². The Labute approximate surface area is 207 Å². The summed E-state index contributed by atoms with van der Waals surface area (Å²) >= 11 is 6.30. The number of hydrazone groups is 1. The molecule has 0 aromatic heterocycles. The van der Waals surface area contributed by atoms with E-state index in [1.165, 1.54) is 19.4 Å². The summed E-state index contributed by atoms with van der Waals surface area (Å²) in [6.07, 6.45) is 1.29. The molecule has 0 aliphatic rings. The van der Waals surface area contributed by atoms with E-state index >= 15 is 0 Å². The molecule has 0 aliphatic carbocycles. The fourth-order valence-corrected chi connectivity index (χ4v) is 3.21. The van der Waals surface area contributed by atoms with Crippen molar-refractivity contribution in [3.63, 3.8) is 0 Å². The van der Waals surface area contributed by atoms with Crippen molar-refractivity contribution >= 4 is 46.9 Å². The zero-order valence-corrected chi connectivity index (χ0v) is 19.8. The smallest absolute Gasteiger partial charge is 0.329 e. The van der Waals surface area contributed by atoms with Crippen LogP contribution in [-0.4, -0.2) is 37.7 Å². The van der Waals surface area contributed by atoms with E-state index in [0.29, 0.717) is 16.9 Å². The highest BCUT2D eigenvalue weighted by Crippen LogP contribution is 2.36. The van der Waals surface area contributed by atoms with Gasteiger partial charge in [-0.1, -0.05) is 41.9 Å². The summed E-state index contributed by atoms with van der Waals surface area (Å²) < 4.78 is 10.9. The van der Waals surface area contributed by atoms with Crippen molar-refractivity contribution in [1.29, 1.82) is 0 Å². The molecule has 0 spiro atoms. The van der Waals surface area contributed by atoms with Crippen LogP contribution in [0.3, 0.4) is 0 Å².